The lowest BCUT2D eigenvalue weighted by Gasteiger charge is -2.35. The van der Waals surface area contributed by atoms with Crippen LogP contribution in [0.4, 0.5) is 9.18 Å². The number of rotatable bonds is 5. The molecule has 1 unspecified atom stereocenters. The summed E-state index contributed by atoms with van der Waals surface area (Å²) in [5.41, 5.74) is 2.11. The summed E-state index contributed by atoms with van der Waals surface area (Å²) in [6, 6.07) is 14.2. The van der Waals surface area contributed by atoms with Gasteiger partial charge in [-0.05, 0) is 42.4 Å². The highest BCUT2D eigenvalue weighted by Gasteiger charge is 2.40. The van der Waals surface area contributed by atoms with E-state index in [1.165, 1.54) is 22.7 Å². The van der Waals surface area contributed by atoms with Crippen LogP contribution in [0.1, 0.15) is 17.0 Å². The lowest BCUT2D eigenvalue weighted by molar-refractivity contribution is 0.138. The van der Waals surface area contributed by atoms with E-state index in [-0.39, 0.29) is 23.8 Å². The molecule has 7 nitrogen and oxygen atoms in total. The highest BCUT2D eigenvalue weighted by molar-refractivity contribution is 7.88. The van der Waals surface area contributed by atoms with Crippen LogP contribution in [0.3, 0.4) is 0 Å². The van der Waals surface area contributed by atoms with Gasteiger partial charge in [-0.3, -0.25) is 4.90 Å². The van der Waals surface area contributed by atoms with Gasteiger partial charge in [0, 0.05) is 62.8 Å². The highest BCUT2D eigenvalue weighted by atomic mass is 35.5. The molecule has 2 aromatic rings. The summed E-state index contributed by atoms with van der Waals surface area (Å²) in [4.78, 5) is 19.2. The second-order valence-corrected chi connectivity index (χ2v) is 11.5. The fourth-order valence-electron chi connectivity index (χ4n) is 4.83. The summed E-state index contributed by atoms with van der Waals surface area (Å²) in [6.45, 7) is 3.12. The maximum absolute atomic E-state index is 13.4. The Morgan fingerprint density at radius 3 is 2.21 bits per heavy atom. The number of carbonyl (C=O) groups is 1. The Balaban J connectivity index is 1.49. The van der Waals surface area contributed by atoms with Crippen molar-refractivity contribution in [2.24, 2.45) is 0 Å². The number of likely N-dealkylation sites (N-methyl/N-ethyl adjacent to an activating group) is 1. The van der Waals surface area contributed by atoms with Gasteiger partial charge in [0.15, 0.2) is 0 Å². The van der Waals surface area contributed by atoms with Gasteiger partial charge in [0.1, 0.15) is 5.82 Å². The first-order valence-corrected chi connectivity index (χ1v) is 13.5. The molecule has 4 rings (SSSR count). The zero-order chi connectivity index (χ0) is 24.5. The summed E-state index contributed by atoms with van der Waals surface area (Å²) in [5, 5.41) is 0.662. The number of carbonyl (C=O) groups excluding carboxylic acids is 1. The lowest BCUT2D eigenvalue weighted by atomic mass is 9.93. The minimum atomic E-state index is -3.25. The van der Waals surface area contributed by atoms with Crippen molar-refractivity contribution in [2.75, 3.05) is 52.6 Å². The third kappa shape index (κ3) is 5.71. The molecule has 2 aliphatic rings. The SMILES string of the molecule is CN(Cc1ccc(F)cc1)C1CN(C(=O)N2CCN(S(C)(=O)=O)CC2)C[C@@H]1c1ccc(Cl)cc1. The van der Waals surface area contributed by atoms with Crippen molar-refractivity contribution in [1.29, 1.82) is 0 Å². The molecule has 2 fully saturated rings. The monoisotopic (exact) mass is 508 g/mol. The van der Waals surface area contributed by atoms with Gasteiger partial charge in [-0.1, -0.05) is 35.9 Å². The fourth-order valence-corrected chi connectivity index (χ4v) is 5.79. The zero-order valence-electron chi connectivity index (χ0n) is 19.4. The van der Waals surface area contributed by atoms with Gasteiger partial charge in [0.05, 0.1) is 6.26 Å². The van der Waals surface area contributed by atoms with Gasteiger partial charge in [0.2, 0.25) is 10.0 Å². The number of benzene rings is 2. The molecule has 2 atom stereocenters. The molecule has 2 saturated heterocycles. The summed E-state index contributed by atoms with van der Waals surface area (Å²) in [5.74, 6) is -0.178. The summed E-state index contributed by atoms with van der Waals surface area (Å²) in [6.07, 6.45) is 1.20. The molecule has 0 N–H and O–H groups in total. The van der Waals surface area contributed by atoms with Crippen molar-refractivity contribution in [3.8, 4) is 0 Å². The van der Waals surface area contributed by atoms with Gasteiger partial charge >= 0.3 is 6.03 Å². The smallest absolute Gasteiger partial charge is 0.320 e. The fraction of sp³-hybridized carbons (Fsp3) is 0.458. The second kappa shape index (κ2) is 10.2. The van der Waals surface area contributed by atoms with Crippen LogP contribution in [0.2, 0.25) is 5.02 Å². The van der Waals surface area contributed by atoms with Gasteiger partial charge in [0.25, 0.3) is 0 Å². The normalized spacial score (nSPS) is 21.9. The highest BCUT2D eigenvalue weighted by Crippen LogP contribution is 2.33. The minimum Gasteiger partial charge on any atom is -0.322 e. The average Bonchev–Trinajstić information content (AvgIpc) is 3.26. The van der Waals surface area contributed by atoms with E-state index in [2.05, 4.69) is 4.90 Å². The van der Waals surface area contributed by atoms with E-state index >= 15 is 0 Å². The first kappa shape index (κ1) is 24.9. The molecule has 0 bridgehead atoms. The van der Waals surface area contributed by atoms with Crippen molar-refractivity contribution < 1.29 is 17.6 Å². The Morgan fingerprint density at radius 2 is 1.62 bits per heavy atom. The first-order valence-electron chi connectivity index (χ1n) is 11.3. The van der Waals surface area contributed by atoms with Crippen LogP contribution in [0.5, 0.6) is 0 Å². The second-order valence-electron chi connectivity index (χ2n) is 9.10. The zero-order valence-corrected chi connectivity index (χ0v) is 21.0. The van der Waals surface area contributed by atoms with Crippen molar-refractivity contribution in [2.45, 2.75) is 18.5 Å². The van der Waals surface area contributed by atoms with Gasteiger partial charge in [-0.15, -0.1) is 0 Å². The number of hydrogen-bond acceptors (Lipinski definition) is 4. The standard InChI is InChI=1S/C24H30ClFN4O3S/c1-27(15-18-3-9-21(26)10-4-18)23-17-29(16-22(23)19-5-7-20(25)8-6-19)24(31)28-11-13-30(14-12-28)34(2,32)33/h3-10,22-23H,11-17H2,1-2H3/t22-,23?/m1/s1. The van der Waals surface area contributed by atoms with E-state index in [0.717, 1.165) is 11.1 Å². The van der Waals surface area contributed by atoms with Crippen LogP contribution >= 0.6 is 11.6 Å². The van der Waals surface area contributed by atoms with Gasteiger partial charge < -0.3 is 9.80 Å². The van der Waals surface area contributed by atoms with Gasteiger partial charge in [-0.25, -0.2) is 17.6 Å². The molecule has 2 aromatic carbocycles. The Hall–Kier alpha value is -2.20. The molecule has 0 radical (unpaired) electrons. The number of likely N-dealkylation sites (tertiary alicyclic amines) is 1. The summed E-state index contributed by atoms with van der Waals surface area (Å²) in [7, 11) is -1.23. The Kier molecular flexibility index (Phi) is 7.47. The number of halogens is 2. The average molecular weight is 509 g/mol. The maximum atomic E-state index is 13.4. The van der Waals surface area contributed by atoms with E-state index < -0.39 is 10.0 Å². The Morgan fingerprint density at radius 1 is 1.00 bits per heavy atom. The van der Waals surface area contributed by atoms with Gasteiger partial charge in [-0.2, -0.15) is 4.31 Å². The number of sulfonamides is 1. The molecule has 34 heavy (non-hydrogen) atoms. The van der Waals surface area contributed by atoms with Crippen molar-refractivity contribution in [1.82, 2.24) is 19.0 Å². The van der Waals surface area contributed by atoms with E-state index in [0.29, 0.717) is 50.8 Å². The predicted molar refractivity (Wildman–Crippen MR) is 131 cm³/mol. The largest absolute Gasteiger partial charge is 0.322 e. The van der Waals surface area contributed by atoms with Crippen molar-refractivity contribution in [3.63, 3.8) is 0 Å². The van der Waals surface area contributed by atoms with E-state index in [9.17, 15) is 17.6 Å². The quantitative estimate of drug-likeness (QED) is 0.622. The van der Waals surface area contributed by atoms with E-state index in [1.807, 2.05) is 36.2 Å². The molecule has 0 aliphatic carbocycles. The van der Waals surface area contributed by atoms with Crippen LogP contribution in [0, 0.1) is 5.82 Å². The molecule has 2 aliphatic heterocycles. The molecule has 0 spiro atoms. The van der Waals surface area contributed by atoms with Crippen LogP contribution in [0.15, 0.2) is 48.5 Å². The van der Waals surface area contributed by atoms with Crippen LogP contribution in [0.25, 0.3) is 0 Å². The minimum absolute atomic E-state index is 0.0625. The lowest BCUT2D eigenvalue weighted by Crippen LogP contribution is -2.53. The predicted octanol–water partition coefficient (Wildman–Crippen LogP) is 3.08. The molecule has 2 heterocycles. The number of amides is 2. The van der Waals surface area contributed by atoms with Crippen LogP contribution in [-0.4, -0.2) is 92.1 Å². The summed E-state index contributed by atoms with van der Waals surface area (Å²) < 4.78 is 38.4. The molecule has 0 saturated carbocycles. The molecular weight excluding hydrogens is 479 g/mol. The molecule has 10 heteroatoms. The summed E-state index contributed by atoms with van der Waals surface area (Å²) >= 11 is 6.10. The Labute approximate surface area is 205 Å². The number of piperazine rings is 1. The van der Waals surface area contributed by atoms with Crippen LogP contribution < -0.4 is 0 Å². The molecule has 184 valence electrons. The molecule has 0 aromatic heterocycles. The molecular formula is C24H30ClFN4O3S. The topological polar surface area (TPSA) is 64.2 Å². The van der Waals surface area contributed by atoms with E-state index in [1.54, 1.807) is 17.0 Å². The third-order valence-electron chi connectivity index (χ3n) is 6.75. The first-order chi connectivity index (χ1) is 16.1. The van der Waals surface area contributed by atoms with Crippen molar-refractivity contribution >= 4 is 27.7 Å². The maximum Gasteiger partial charge on any atom is 0.320 e. The number of urea groups is 1. The molecule has 2 amide bonds. The van der Waals surface area contributed by atoms with Crippen molar-refractivity contribution in [3.05, 3.63) is 70.5 Å². The number of nitrogens with zero attached hydrogens (tertiary/aromatic N) is 4. The number of hydrogen-bond donors (Lipinski definition) is 0. The van der Waals surface area contributed by atoms with E-state index in [4.69, 9.17) is 11.6 Å². The van der Waals surface area contributed by atoms with Crippen LogP contribution in [-0.2, 0) is 16.6 Å². The third-order valence-corrected chi connectivity index (χ3v) is 8.30. The Bertz CT molecular complexity index is 1110.